The first kappa shape index (κ1) is 12.7. The molecule has 0 aliphatic rings. The standard InChI is InChI=1S/C13H9BrCl2O/c14-8-9-3-1-6-12(16)13(9)17-11-5-2-4-10(15)7-11/h1-7H,8H2. The van der Waals surface area contributed by atoms with Crippen molar-refractivity contribution >= 4 is 39.1 Å². The zero-order valence-corrected chi connectivity index (χ0v) is 11.9. The molecule has 4 heteroatoms. The summed E-state index contributed by atoms with van der Waals surface area (Å²) >= 11 is 15.4. The molecule has 0 bridgehead atoms. The van der Waals surface area contributed by atoms with Gasteiger partial charge in [-0.1, -0.05) is 57.3 Å². The minimum absolute atomic E-state index is 0.585. The summed E-state index contributed by atoms with van der Waals surface area (Å²) in [6, 6.07) is 12.9. The third-order valence-corrected chi connectivity index (χ3v) is 3.35. The number of para-hydroxylation sites is 1. The number of alkyl halides is 1. The first-order chi connectivity index (χ1) is 8.20. The minimum atomic E-state index is 0.585. The highest BCUT2D eigenvalue weighted by molar-refractivity contribution is 9.08. The van der Waals surface area contributed by atoms with Crippen LogP contribution in [0, 0.1) is 0 Å². The first-order valence-corrected chi connectivity index (χ1v) is 6.85. The highest BCUT2D eigenvalue weighted by atomic mass is 79.9. The van der Waals surface area contributed by atoms with Gasteiger partial charge in [0.2, 0.25) is 0 Å². The van der Waals surface area contributed by atoms with E-state index in [1.165, 1.54) is 0 Å². The Labute approximate surface area is 118 Å². The summed E-state index contributed by atoms with van der Waals surface area (Å²) in [5.74, 6) is 1.33. The normalized spacial score (nSPS) is 10.3. The Balaban J connectivity index is 2.35. The maximum Gasteiger partial charge on any atom is 0.150 e. The highest BCUT2D eigenvalue weighted by Gasteiger charge is 2.08. The van der Waals surface area contributed by atoms with Crippen LogP contribution >= 0.6 is 39.1 Å². The van der Waals surface area contributed by atoms with Crippen molar-refractivity contribution < 1.29 is 4.74 Å². The van der Waals surface area contributed by atoms with Gasteiger partial charge in [-0.2, -0.15) is 0 Å². The molecule has 2 aromatic rings. The summed E-state index contributed by atoms with van der Waals surface area (Å²) in [5.41, 5.74) is 0.998. The SMILES string of the molecule is Clc1cccc(Oc2c(Cl)cccc2CBr)c1. The van der Waals surface area contributed by atoms with Crippen molar-refractivity contribution in [2.24, 2.45) is 0 Å². The fraction of sp³-hybridized carbons (Fsp3) is 0.0769. The van der Waals surface area contributed by atoms with E-state index in [9.17, 15) is 0 Å². The Morgan fingerprint density at radius 1 is 1.06 bits per heavy atom. The van der Waals surface area contributed by atoms with Gasteiger partial charge in [-0.05, 0) is 24.3 Å². The van der Waals surface area contributed by atoms with Crippen molar-refractivity contribution in [1.82, 2.24) is 0 Å². The Kier molecular flexibility index (Phi) is 4.32. The molecular formula is C13H9BrCl2O. The maximum atomic E-state index is 6.12. The number of halogens is 3. The smallest absolute Gasteiger partial charge is 0.150 e. The van der Waals surface area contributed by atoms with Gasteiger partial charge in [-0.25, -0.2) is 0 Å². The molecule has 0 fully saturated rings. The van der Waals surface area contributed by atoms with E-state index in [0.29, 0.717) is 26.9 Å². The summed E-state index contributed by atoms with van der Waals surface area (Å²) in [6.07, 6.45) is 0. The predicted octanol–water partition coefficient (Wildman–Crippen LogP) is 5.68. The van der Waals surface area contributed by atoms with Gasteiger partial charge in [0.15, 0.2) is 0 Å². The first-order valence-electron chi connectivity index (χ1n) is 4.97. The van der Waals surface area contributed by atoms with Crippen LogP contribution in [0.15, 0.2) is 42.5 Å². The van der Waals surface area contributed by atoms with Crippen molar-refractivity contribution in [2.45, 2.75) is 5.33 Å². The number of hydrogen-bond donors (Lipinski definition) is 0. The van der Waals surface area contributed by atoms with E-state index >= 15 is 0 Å². The van der Waals surface area contributed by atoms with Crippen LogP contribution in [-0.2, 0) is 5.33 Å². The largest absolute Gasteiger partial charge is 0.455 e. The Morgan fingerprint density at radius 2 is 1.82 bits per heavy atom. The predicted molar refractivity (Wildman–Crippen MR) is 75.6 cm³/mol. The van der Waals surface area contributed by atoms with Crippen LogP contribution in [-0.4, -0.2) is 0 Å². The van der Waals surface area contributed by atoms with Crippen LogP contribution < -0.4 is 4.74 Å². The van der Waals surface area contributed by atoms with Crippen molar-refractivity contribution in [1.29, 1.82) is 0 Å². The summed E-state index contributed by atoms with van der Waals surface area (Å²) < 4.78 is 5.77. The molecule has 17 heavy (non-hydrogen) atoms. The van der Waals surface area contributed by atoms with Gasteiger partial charge >= 0.3 is 0 Å². The molecule has 2 rings (SSSR count). The highest BCUT2D eigenvalue weighted by Crippen LogP contribution is 2.34. The number of benzene rings is 2. The van der Waals surface area contributed by atoms with Gasteiger partial charge in [-0.3, -0.25) is 0 Å². The lowest BCUT2D eigenvalue weighted by Crippen LogP contribution is -1.90. The lowest BCUT2D eigenvalue weighted by atomic mass is 10.2. The number of hydrogen-bond acceptors (Lipinski definition) is 1. The fourth-order valence-electron chi connectivity index (χ4n) is 1.42. The van der Waals surface area contributed by atoms with E-state index < -0.39 is 0 Å². The van der Waals surface area contributed by atoms with Crippen LogP contribution in [0.4, 0.5) is 0 Å². The lowest BCUT2D eigenvalue weighted by Gasteiger charge is -2.11. The quantitative estimate of drug-likeness (QED) is 0.657. The molecule has 0 aliphatic carbocycles. The van der Waals surface area contributed by atoms with Crippen molar-refractivity contribution in [2.75, 3.05) is 0 Å². The molecule has 0 N–H and O–H groups in total. The van der Waals surface area contributed by atoms with Gasteiger partial charge in [0.05, 0.1) is 5.02 Å². The molecule has 0 unspecified atom stereocenters. The summed E-state index contributed by atoms with van der Waals surface area (Å²) in [5, 5.41) is 1.90. The van der Waals surface area contributed by atoms with Crippen molar-refractivity contribution in [3.05, 3.63) is 58.1 Å². The van der Waals surface area contributed by atoms with E-state index in [-0.39, 0.29) is 0 Å². The lowest BCUT2D eigenvalue weighted by molar-refractivity contribution is 0.479. The van der Waals surface area contributed by atoms with Crippen molar-refractivity contribution in [3.8, 4) is 11.5 Å². The average Bonchev–Trinajstić information content (AvgIpc) is 2.32. The molecule has 0 amide bonds. The molecule has 1 nitrogen and oxygen atoms in total. The maximum absolute atomic E-state index is 6.12. The van der Waals surface area contributed by atoms with Gasteiger partial charge in [-0.15, -0.1) is 0 Å². The fourth-order valence-corrected chi connectivity index (χ4v) is 2.28. The second-order valence-electron chi connectivity index (χ2n) is 3.42. The zero-order valence-electron chi connectivity index (χ0n) is 8.79. The van der Waals surface area contributed by atoms with Crippen LogP contribution in [0.5, 0.6) is 11.5 Å². The molecule has 0 heterocycles. The second kappa shape index (κ2) is 5.76. The molecule has 0 saturated carbocycles. The summed E-state index contributed by atoms with van der Waals surface area (Å²) in [7, 11) is 0. The topological polar surface area (TPSA) is 9.23 Å². The molecule has 0 saturated heterocycles. The van der Waals surface area contributed by atoms with E-state index in [4.69, 9.17) is 27.9 Å². The molecule has 0 aromatic heterocycles. The van der Waals surface area contributed by atoms with Gasteiger partial charge in [0.25, 0.3) is 0 Å². The molecule has 0 aliphatic heterocycles. The van der Waals surface area contributed by atoms with Crippen LogP contribution in [0.3, 0.4) is 0 Å². The third kappa shape index (κ3) is 3.15. The van der Waals surface area contributed by atoms with Crippen LogP contribution in [0.1, 0.15) is 5.56 Å². The molecule has 88 valence electrons. The molecule has 0 spiro atoms. The van der Waals surface area contributed by atoms with Gasteiger partial charge in [0.1, 0.15) is 11.5 Å². The zero-order chi connectivity index (χ0) is 12.3. The Bertz CT molecular complexity index is 529. The molecule has 2 aromatic carbocycles. The average molecular weight is 332 g/mol. The summed E-state index contributed by atoms with van der Waals surface area (Å²) in [6.45, 7) is 0. The molecule has 0 atom stereocenters. The van der Waals surface area contributed by atoms with E-state index in [2.05, 4.69) is 15.9 Å². The molecule has 0 radical (unpaired) electrons. The monoisotopic (exact) mass is 330 g/mol. The van der Waals surface area contributed by atoms with E-state index in [0.717, 1.165) is 5.56 Å². The number of ether oxygens (including phenoxy) is 1. The van der Waals surface area contributed by atoms with E-state index in [1.807, 2.05) is 24.3 Å². The van der Waals surface area contributed by atoms with Crippen molar-refractivity contribution in [3.63, 3.8) is 0 Å². The van der Waals surface area contributed by atoms with Crippen LogP contribution in [0.25, 0.3) is 0 Å². The second-order valence-corrected chi connectivity index (χ2v) is 4.83. The molecular weight excluding hydrogens is 323 g/mol. The third-order valence-electron chi connectivity index (χ3n) is 2.21. The van der Waals surface area contributed by atoms with Gasteiger partial charge in [0, 0.05) is 15.9 Å². The van der Waals surface area contributed by atoms with E-state index in [1.54, 1.807) is 18.2 Å². The Hall–Kier alpha value is -0.700. The van der Waals surface area contributed by atoms with Gasteiger partial charge < -0.3 is 4.74 Å². The summed E-state index contributed by atoms with van der Waals surface area (Å²) in [4.78, 5) is 0. The van der Waals surface area contributed by atoms with Crippen LogP contribution in [0.2, 0.25) is 10.0 Å². The minimum Gasteiger partial charge on any atom is -0.455 e. The Morgan fingerprint density at radius 3 is 2.53 bits per heavy atom. The number of rotatable bonds is 3.